The van der Waals surface area contributed by atoms with E-state index in [2.05, 4.69) is 36.8 Å². The Morgan fingerprint density at radius 1 is 1.27 bits per heavy atom. The molecule has 1 heterocycles. The monoisotopic (exact) mass is 279 g/mol. The van der Waals surface area contributed by atoms with Gasteiger partial charge in [-0.1, -0.05) is 0 Å². The summed E-state index contributed by atoms with van der Waals surface area (Å²) in [5, 5.41) is 0. The second-order valence-corrected chi connectivity index (χ2v) is 3.68. The van der Waals surface area contributed by atoms with Gasteiger partial charge in [0, 0.05) is 0 Å². The van der Waals surface area contributed by atoms with Crippen molar-refractivity contribution in [3.8, 4) is 0 Å². The smallest absolute Gasteiger partial charge is 0.148 e. The standard InChI is InChI=1S/C6H7Br2N3/c1-2-3(7)5(8)11-6(10)4(2)9/h9H2,1H3,(H2,10,11). The third-order valence-electron chi connectivity index (χ3n) is 1.41. The minimum absolute atomic E-state index is 0.359. The quantitative estimate of drug-likeness (QED) is 0.715. The first-order valence-electron chi connectivity index (χ1n) is 2.90. The second kappa shape index (κ2) is 2.98. The number of rotatable bonds is 0. The topological polar surface area (TPSA) is 64.9 Å². The number of hydrogen-bond acceptors (Lipinski definition) is 3. The average molecular weight is 281 g/mol. The molecule has 0 fully saturated rings. The van der Waals surface area contributed by atoms with Crippen molar-refractivity contribution >= 4 is 43.4 Å². The van der Waals surface area contributed by atoms with Crippen LogP contribution in [0.5, 0.6) is 0 Å². The van der Waals surface area contributed by atoms with Crippen LogP contribution in [0.3, 0.4) is 0 Å². The molecular weight excluding hydrogens is 274 g/mol. The van der Waals surface area contributed by atoms with Gasteiger partial charge in [0.25, 0.3) is 0 Å². The lowest BCUT2D eigenvalue weighted by atomic mass is 10.2. The maximum absolute atomic E-state index is 5.61. The zero-order valence-electron chi connectivity index (χ0n) is 5.86. The molecule has 1 aromatic heterocycles. The zero-order valence-corrected chi connectivity index (χ0v) is 9.03. The number of nitrogens with zero attached hydrogens (tertiary/aromatic N) is 1. The van der Waals surface area contributed by atoms with Gasteiger partial charge in [-0.2, -0.15) is 0 Å². The summed E-state index contributed by atoms with van der Waals surface area (Å²) in [7, 11) is 0. The van der Waals surface area contributed by atoms with E-state index in [9.17, 15) is 0 Å². The van der Waals surface area contributed by atoms with E-state index in [0.29, 0.717) is 16.1 Å². The highest BCUT2D eigenvalue weighted by atomic mass is 79.9. The molecule has 0 amide bonds. The van der Waals surface area contributed by atoms with E-state index in [-0.39, 0.29) is 0 Å². The molecule has 0 spiro atoms. The summed E-state index contributed by atoms with van der Waals surface area (Å²) < 4.78 is 1.53. The van der Waals surface area contributed by atoms with Gasteiger partial charge in [0.2, 0.25) is 0 Å². The van der Waals surface area contributed by atoms with Crippen molar-refractivity contribution in [1.82, 2.24) is 4.98 Å². The van der Waals surface area contributed by atoms with E-state index in [1.165, 1.54) is 0 Å². The van der Waals surface area contributed by atoms with Crippen molar-refractivity contribution in [3.05, 3.63) is 14.6 Å². The largest absolute Gasteiger partial charge is 0.395 e. The minimum atomic E-state index is 0.359. The number of hydrogen-bond donors (Lipinski definition) is 2. The van der Waals surface area contributed by atoms with Gasteiger partial charge in [0.05, 0.1) is 10.2 Å². The van der Waals surface area contributed by atoms with Crippen LogP contribution < -0.4 is 11.5 Å². The maximum Gasteiger partial charge on any atom is 0.148 e. The normalized spacial score (nSPS) is 10.1. The van der Waals surface area contributed by atoms with Crippen LogP contribution in [0.2, 0.25) is 0 Å². The molecular formula is C6H7Br2N3. The van der Waals surface area contributed by atoms with E-state index >= 15 is 0 Å². The van der Waals surface area contributed by atoms with Crippen molar-refractivity contribution in [3.63, 3.8) is 0 Å². The Labute approximate surface area is 81.4 Å². The Hall–Kier alpha value is -0.290. The summed E-state index contributed by atoms with van der Waals surface area (Å²) in [5.74, 6) is 0.359. The highest BCUT2D eigenvalue weighted by Gasteiger charge is 2.08. The Balaban J connectivity index is 3.46. The molecule has 5 heteroatoms. The predicted octanol–water partition coefficient (Wildman–Crippen LogP) is 2.08. The molecule has 11 heavy (non-hydrogen) atoms. The SMILES string of the molecule is Cc1c(N)c(N)nc(Br)c1Br. The van der Waals surface area contributed by atoms with Crippen LogP contribution in [-0.2, 0) is 0 Å². The van der Waals surface area contributed by atoms with Gasteiger partial charge in [-0.05, 0) is 44.3 Å². The zero-order chi connectivity index (χ0) is 8.59. The Kier molecular flexibility index (Phi) is 2.39. The summed E-state index contributed by atoms with van der Waals surface area (Å²) in [6.45, 7) is 1.88. The first-order valence-corrected chi connectivity index (χ1v) is 4.49. The molecule has 0 aliphatic heterocycles. The first-order chi connectivity index (χ1) is 5.04. The molecule has 0 bridgehead atoms. The Morgan fingerprint density at radius 2 is 1.82 bits per heavy atom. The van der Waals surface area contributed by atoms with Gasteiger partial charge in [-0.25, -0.2) is 4.98 Å². The van der Waals surface area contributed by atoms with Gasteiger partial charge >= 0.3 is 0 Å². The number of aromatic nitrogens is 1. The second-order valence-electron chi connectivity index (χ2n) is 2.14. The highest BCUT2D eigenvalue weighted by Crippen LogP contribution is 2.31. The van der Waals surface area contributed by atoms with Crippen LogP contribution in [0, 0.1) is 6.92 Å². The summed E-state index contributed by atoms with van der Waals surface area (Å²) in [4.78, 5) is 3.96. The fraction of sp³-hybridized carbons (Fsp3) is 0.167. The van der Waals surface area contributed by atoms with E-state index in [4.69, 9.17) is 11.5 Å². The molecule has 0 atom stereocenters. The number of pyridine rings is 1. The molecule has 4 N–H and O–H groups in total. The number of anilines is 2. The fourth-order valence-electron chi connectivity index (χ4n) is 0.680. The molecule has 1 rings (SSSR count). The molecule has 0 saturated carbocycles. The van der Waals surface area contributed by atoms with E-state index < -0.39 is 0 Å². The van der Waals surface area contributed by atoms with Gasteiger partial charge in [0.1, 0.15) is 10.4 Å². The summed E-state index contributed by atoms with van der Waals surface area (Å²) in [5.41, 5.74) is 12.6. The molecule has 1 aromatic rings. The fourth-order valence-corrected chi connectivity index (χ4v) is 1.47. The molecule has 0 aliphatic rings. The van der Waals surface area contributed by atoms with Crippen LogP contribution in [0.1, 0.15) is 5.56 Å². The summed E-state index contributed by atoms with van der Waals surface area (Å²) in [6.07, 6.45) is 0. The van der Waals surface area contributed by atoms with Crippen LogP contribution in [0.4, 0.5) is 11.5 Å². The molecule has 0 unspecified atom stereocenters. The Morgan fingerprint density at radius 3 is 2.36 bits per heavy atom. The molecule has 0 aliphatic carbocycles. The number of halogens is 2. The molecule has 60 valence electrons. The Bertz CT molecular complexity index is 272. The predicted molar refractivity (Wildman–Crippen MR) is 53.2 cm³/mol. The molecule has 3 nitrogen and oxygen atoms in total. The van der Waals surface area contributed by atoms with Crippen LogP contribution in [-0.4, -0.2) is 4.98 Å². The van der Waals surface area contributed by atoms with Crippen molar-refractivity contribution in [2.24, 2.45) is 0 Å². The van der Waals surface area contributed by atoms with E-state index in [1.54, 1.807) is 0 Å². The van der Waals surface area contributed by atoms with E-state index in [1.807, 2.05) is 6.92 Å². The van der Waals surface area contributed by atoms with Crippen molar-refractivity contribution in [1.29, 1.82) is 0 Å². The molecule has 0 aromatic carbocycles. The minimum Gasteiger partial charge on any atom is -0.395 e. The average Bonchev–Trinajstić information content (AvgIpc) is 1.97. The van der Waals surface area contributed by atoms with E-state index in [0.717, 1.165) is 10.0 Å². The maximum atomic E-state index is 5.61. The van der Waals surface area contributed by atoms with Gasteiger partial charge < -0.3 is 11.5 Å². The van der Waals surface area contributed by atoms with Crippen molar-refractivity contribution < 1.29 is 0 Å². The van der Waals surface area contributed by atoms with Crippen LogP contribution in [0.25, 0.3) is 0 Å². The van der Waals surface area contributed by atoms with Crippen molar-refractivity contribution in [2.75, 3.05) is 11.5 Å². The molecule has 0 saturated heterocycles. The van der Waals surface area contributed by atoms with Crippen molar-refractivity contribution in [2.45, 2.75) is 6.92 Å². The highest BCUT2D eigenvalue weighted by molar-refractivity contribution is 9.13. The van der Waals surface area contributed by atoms with Gasteiger partial charge in [-0.3, -0.25) is 0 Å². The summed E-state index contributed by atoms with van der Waals surface area (Å²) in [6, 6.07) is 0. The summed E-state index contributed by atoms with van der Waals surface area (Å²) >= 11 is 6.56. The third kappa shape index (κ3) is 1.49. The van der Waals surface area contributed by atoms with Gasteiger partial charge in [-0.15, -0.1) is 0 Å². The lowest BCUT2D eigenvalue weighted by Crippen LogP contribution is -2.01. The third-order valence-corrected chi connectivity index (χ3v) is 3.49. The first kappa shape index (κ1) is 8.80. The number of nitrogens with two attached hydrogens (primary N) is 2. The molecule has 0 radical (unpaired) electrons. The van der Waals surface area contributed by atoms with Crippen LogP contribution >= 0.6 is 31.9 Å². The van der Waals surface area contributed by atoms with Crippen LogP contribution in [0.15, 0.2) is 9.08 Å². The lowest BCUT2D eigenvalue weighted by Gasteiger charge is -2.06. The van der Waals surface area contributed by atoms with Gasteiger partial charge in [0.15, 0.2) is 0 Å². The number of nitrogen functional groups attached to an aromatic ring is 2. The lowest BCUT2D eigenvalue weighted by molar-refractivity contribution is 1.23.